The zero-order chi connectivity index (χ0) is 37.1. The molecule has 0 fully saturated rings. The Labute approximate surface area is 317 Å². The van der Waals surface area contributed by atoms with E-state index in [1.807, 2.05) is 48.5 Å². The van der Waals surface area contributed by atoms with Crippen molar-refractivity contribution in [2.24, 2.45) is 10.9 Å². The van der Waals surface area contributed by atoms with Crippen molar-refractivity contribution in [2.45, 2.75) is 45.3 Å². The molecule has 0 aliphatic heterocycles. The first-order valence-electron chi connectivity index (χ1n) is 18.0. The van der Waals surface area contributed by atoms with E-state index in [0.29, 0.717) is 5.92 Å². The topological polar surface area (TPSA) is 92.7 Å². The van der Waals surface area contributed by atoms with Crippen LogP contribution in [-0.4, -0.2) is 22.5 Å². The van der Waals surface area contributed by atoms with Gasteiger partial charge in [0.25, 0.3) is 0 Å². The van der Waals surface area contributed by atoms with Gasteiger partial charge in [0.15, 0.2) is 0 Å². The van der Waals surface area contributed by atoms with Crippen LogP contribution in [0.15, 0.2) is 206 Å². The fourth-order valence-corrected chi connectivity index (χ4v) is 9.65. The summed E-state index contributed by atoms with van der Waals surface area (Å²) < 4.78 is 51.9. The van der Waals surface area contributed by atoms with Crippen LogP contribution >= 0.6 is 0 Å². The van der Waals surface area contributed by atoms with Crippen LogP contribution in [0.3, 0.4) is 0 Å². The molecule has 268 valence electrons. The number of nitrogens with zero attached hydrogens (tertiary/aromatic N) is 1. The minimum Gasteiger partial charge on any atom is -0.359 e. The lowest BCUT2D eigenvalue weighted by atomic mass is 9.79. The number of allylic oxidation sites excluding steroid dienone is 4. The highest BCUT2D eigenvalue weighted by Gasteiger charge is 2.24. The van der Waals surface area contributed by atoms with Gasteiger partial charge in [0.1, 0.15) is 0 Å². The van der Waals surface area contributed by atoms with Crippen molar-refractivity contribution in [2.75, 3.05) is 5.32 Å². The molecule has 0 saturated carbocycles. The Kier molecular flexibility index (Phi) is 9.71. The molecule has 54 heavy (non-hydrogen) atoms. The normalized spacial score (nSPS) is 16.6. The Balaban J connectivity index is 0.919. The monoisotopic (exact) mass is 746 g/mol. The van der Waals surface area contributed by atoms with Gasteiger partial charge in [0.05, 0.1) is 25.3 Å². The Bertz CT molecular complexity index is 2600. The number of rotatable bonds is 9. The minimum atomic E-state index is -3.56. The predicted molar refractivity (Wildman–Crippen MR) is 216 cm³/mol. The van der Waals surface area contributed by atoms with Crippen molar-refractivity contribution in [3.8, 4) is 22.3 Å². The number of hydrogen-bond acceptors (Lipinski definition) is 6. The number of anilines is 1. The van der Waals surface area contributed by atoms with E-state index in [2.05, 4.69) is 41.7 Å². The molecule has 0 bridgehead atoms. The van der Waals surface area contributed by atoms with Crippen LogP contribution in [0, 0.1) is 5.92 Å². The van der Waals surface area contributed by atoms with E-state index in [9.17, 15) is 16.8 Å². The molecule has 1 unspecified atom stereocenters. The summed E-state index contributed by atoms with van der Waals surface area (Å²) in [5.41, 5.74) is 9.34. The van der Waals surface area contributed by atoms with Gasteiger partial charge in [-0.3, -0.25) is 4.99 Å². The van der Waals surface area contributed by atoms with Crippen LogP contribution in [-0.2, 0) is 19.7 Å². The van der Waals surface area contributed by atoms with Crippen LogP contribution in [0.5, 0.6) is 0 Å². The number of hydrogen-bond donors (Lipinski definition) is 1. The van der Waals surface area contributed by atoms with Gasteiger partial charge in [0, 0.05) is 17.1 Å². The summed E-state index contributed by atoms with van der Waals surface area (Å²) in [4.78, 5) is 6.11. The maximum Gasteiger partial charge on any atom is 0.206 e. The molecule has 0 saturated heterocycles. The number of nitrogens with one attached hydrogen (secondary N) is 1. The third-order valence-corrected chi connectivity index (χ3v) is 13.7. The third kappa shape index (κ3) is 7.49. The first kappa shape index (κ1) is 35.2. The number of benzene rings is 6. The van der Waals surface area contributed by atoms with Gasteiger partial charge in [-0.05, 0) is 144 Å². The van der Waals surface area contributed by atoms with Crippen LogP contribution in [0.4, 0.5) is 11.4 Å². The lowest BCUT2D eigenvalue weighted by Crippen LogP contribution is -2.18. The fraction of sp³-hybridized carbons (Fsp3) is 0.109. The van der Waals surface area contributed by atoms with Gasteiger partial charge in [-0.2, -0.15) is 0 Å². The maximum absolute atomic E-state index is 13.0. The molecule has 8 rings (SSSR count). The standard InChI is InChI=1S/C46H38N2O4S2/c49-53(50,43-7-3-1-4-8-43)45-27-17-35(18-28-45)33-11-21-39(22-12-33)47-41-25-15-37-16-26-42(32-38(37)31-41)48-40-23-13-34(14-24-40)36-19-29-46(30-20-36)54(51,52)44-9-5-2-6-10-44/h1-14,17-24,27-32,37,47H,15-16,25-26H2. The molecule has 1 N–H and O–H groups in total. The van der Waals surface area contributed by atoms with Crippen molar-refractivity contribution in [1.82, 2.24) is 0 Å². The van der Waals surface area contributed by atoms with Crippen LogP contribution < -0.4 is 5.32 Å². The zero-order valence-corrected chi connectivity index (χ0v) is 31.1. The van der Waals surface area contributed by atoms with Gasteiger partial charge in [-0.1, -0.05) is 84.9 Å². The average Bonchev–Trinajstić information content (AvgIpc) is 3.22. The highest BCUT2D eigenvalue weighted by atomic mass is 32.2. The van der Waals surface area contributed by atoms with Crippen molar-refractivity contribution in [3.05, 3.63) is 181 Å². The van der Waals surface area contributed by atoms with Crippen molar-refractivity contribution in [1.29, 1.82) is 0 Å². The van der Waals surface area contributed by atoms with E-state index < -0.39 is 19.7 Å². The molecular weight excluding hydrogens is 709 g/mol. The Morgan fingerprint density at radius 3 is 1.39 bits per heavy atom. The molecule has 0 amide bonds. The Morgan fingerprint density at radius 2 is 0.889 bits per heavy atom. The molecule has 6 aromatic carbocycles. The first-order chi connectivity index (χ1) is 26.2. The first-order valence-corrected chi connectivity index (χ1v) is 21.0. The molecule has 0 radical (unpaired) electrons. The molecule has 0 heterocycles. The lowest BCUT2D eigenvalue weighted by molar-refractivity contribution is 0.515. The summed E-state index contributed by atoms with van der Waals surface area (Å²) in [6, 6.07) is 47.3. The van der Waals surface area contributed by atoms with Crippen LogP contribution in [0.1, 0.15) is 25.7 Å². The SMILES string of the molecule is O=S(=O)(c1ccccc1)c1ccc(-c2ccc(N=C3C=C4C=C(Nc5ccc(-c6ccc(S(=O)(=O)c7ccccc7)cc6)cc5)CCC4CC3)cc2)cc1. The molecule has 8 heteroatoms. The lowest BCUT2D eigenvalue weighted by Gasteiger charge is -2.29. The summed E-state index contributed by atoms with van der Waals surface area (Å²) in [5.74, 6) is 0.529. The summed E-state index contributed by atoms with van der Waals surface area (Å²) in [6.07, 6.45) is 8.59. The molecule has 0 aromatic heterocycles. The molecule has 0 spiro atoms. The van der Waals surface area contributed by atoms with Crippen molar-refractivity contribution < 1.29 is 16.8 Å². The second-order valence-corrected chi connectivity index (χ2v) is 17.5. The largest absolute Gasteiger partial charge is 0.359 e. The molecule has 6 nitrogen and oxygen atoms in total. The summed E-state index contributed by atoms with van der Waals surface area (Å²) >= 11 is 0. The average molecular weight is 747 g/mol. The Hall–Kier alpha value is -5.83. The summed E-state index contributed by atoms with van der Waals surface area (Å²) in [7, 11) is -7.11. The molecule has 2 aliphatic rings. The summed E-state index contributed by atoms with van der Waals surface area (Å²) in [6.45, 7) is 0. The van der Waals surface area contributed by atoms with E-state index in [4.69, 9.17) is 4.99 Å². The second kappa shape index (κ2) is 14.9. The van der Waals surface area contributed by atoms with E-state index in [-0.39, 0.29) is 19.6 Å². The smallest absolute Gasteiger partial charge is 0.206 e. The van der Waals surface area contributed by atoms with Gasteiger partial charge in [0.2, 0.25) is 19.7 Å². The zero-order valence-electron chi connectivity index (χ0n) is 29.5. The van der Waals surface area contributed by atoms with E-state index in [0.717, 1.165) is 65.0 Å². The van der Waals surface area contributed by atoms with E-state index in [1.54, 1.807) is 84.9 Å². The predicted octanol–water partition coefficient (Wildman–Crippen LogP) is 10.9. The van der Waals surface area contributed by atoms with Gasteiger partial charge < -0.3 is 5.32 Å². The fourth-order valence-electron chi connectivity index (χ4n) is 7.08. The van der Waals surface area contributed by atoms with E-state index in [1.165, 1.54) is 11.3 Å². The van der Waals surface area contributed by atoms with Crippen molar-refractivity contribution >= 4 is 36.8 Å². The van der Waals surface area contributed by atoms with Crippen molar-refractivity contribution in [3.63, 3.8) is 0 Å². The van der Waals surface area contributed by atoms with Crippen LogP contribution in [0.25, 0.3) is 22.3 Å². The second-order valence-electron chi connectivity index (χ2n) is 13.6. The number of sulfone groups is 2. The molecule has 6 aromatic rings. The maximum atomic E-state index is 13.0. The molecular formula is C46H38N2O4S2. The highest BCUT2D eigenvalue weighted by molar-refractivity contribution is 7.91. The number of aliphatic imine (C=N–C) groups is 1. The van der Waals surface area contributed by atoms with Gasteiger partial charge >= 0.3 is 0 Å². The van der Waals surface area contributed by atoms with Crippen LogP contribution in [0.2, 0.25) is 0 Å². The molecule has 1 atom stereocenters. The third-order valence-electron chi connectivity index (χ3n) is 10.1. The quantitative estimate of drug-likeness (QED) is 0.159. The summed E-state index contributed by atoms with van der Waals surface area (Å²) in [5, 5.41) is 3.61. The highest BCUT2D eigenvalue weighted by Crippen LogP contribution is 2.36. The minimum absolute atomic E-state index is 0.274. The van der Waals surface area contributed by atoms with E-state index >= 15 is 0 Å². The van der Waals surface area contributed by atoms with Gasteiger partial charge in [-0.15, -0.1) is 0 Å². The Morgan fingerprint density at radius 1 is 0.463 bits per heavy atom. The number of fused-ring (bicyclic) bond motifs is 1. The van der Waals surface area contributed by atoms with Gasteiger partial charge in [-0.25, -0.2) is 16.8 Å². The molecule has 2 aliphatic carbocycles.